The number of aryl methyl sites for hydroxylation is 1. The van der Waals surface area contributed by atoms with Crippen LogP contribution in [0.5, 0.6) is 5.75 Å². The highest BCUT2D eigenvalue weighted by Crippen LogP contribution is 2.33. The summed E-state index contributed by atoms with van der Waals surface area (Å²) in [6.07, 6.45) is 1.82. The largest absolute Gasteiger partial charge is 0.484 e. The number of ether oxygens (including phenoxy) is 1. The molecule has 1 heterocycles. The Bertz CT molecular complexity index is 951. The van der Waals surface area contributed by atoms with Gasteiger partial charge in [0.15, 0.2) is 6.61 Å². The van der Waals surface area contributed by atoms with Gasteiger partial charge in [-0.05, 0) is 56.7 Å². The molecule has 0 unspecified atom stereocenters. The van der Waals surface area contributed by atoms with Crippen molar-refractivity contribution < 1.29 is 14.3 Å². The summed E-state index contributed by atoms with van der Waals surface area (Å²) in [7, 11) is 0. The van der Waals surface area contributed by atoms with Crippen molar-refractivity contribution in [2.75, 3.05) is 11.9 Å². The van der Waals surface area contributed by atoms with Gasteiger partial charge in [-0.1, -0.05) is 53.8 Å². The van der Waals surface area contributed by atoms with Crippen LogP contribution in [0.1, 0.15) is 25.0 Å². The Morgan fingerprint density at radius 2 is 1.83 bits per heavy atom. The summed E-state index contributed by atoms with van der Waals surface area (Å²) in [4.78, 5) is 26.7. The number of rotatable bonds is 6. The first-order valence-electron chi connectivity index (χ1n) is 9.20. The van der Waals surface area contributed by atoms with E-state index in [2.05, 4.69) is 5.32 Å². The maximum atomic E-state index is 12.5. The molecule has 0 bridgehead atoms. The molecule has 0 aliphatic carbocycles. The second-order valence-corrected chi connectivity index (χ2v) is 8.59. The minimum absolute atomic E-state index is 0.0373. The SMILES string of the molecule is Cc1ccc(NC(=O)COc2ccc(/C=C3\SC(=S)N(C(C)C)C3=O)cc2)cc1. The van der Waals surface area contributed by atoms with Crippen molar-refractivity contribution in [3.8, 4) is 5.75 Å². The second kappa shape index (κ2) is 9.24. The molecular formula is C22H22N2O3S2. The maximum absolute atomic E-state index is 12.5. The minimum Gasteiger partial charge on any atom is -0.484 e. The van der Waals surface area contributed by atoms with Crippen LogP contribution in [-0.2, 0) is 9.59 Å². The van der Waals surface area contributed by atoms with Gasteiger partial charge in [0.25, 0.3) is 11.8 Å². The van der Waals surface area contributed by atoms with Gasteiger partial charge in [0.2, 0.25) is 0 Å². The van der Waals surface area contributed by atoms with Gasteiger partial charge in [-0.25, -0.2) is 0 Å². The lowest BCUT2D eigenvalue weighted by molar-refractivity contribution is -0.123. The maximum Gasteiger partial charge on any atom is 0.266 e. The first-order valence-corrected chi connectivity index (χ1v) is 10.4. The third-order valence-corrected chi connectivity index (χ3v) is 5.55. The summed E-state index contributed by atoms with van der Waals surface area (Å²) in [5, 5.41) is 2.79. The van der Waals surface area contributed by atoms with Crippen molar-refractivity contribution in [3.05, 3.63) is 64.6 Å². The van der Waals surface area contributed by atoms with Gasteiger partial charge in [-0.15, -0.1) is 0 Å². The lowest BCUT2D eigenvalue weighted by Gasteiger charge is -2.18. The van der Waals surface area contributed by atoms with Crippen molar-refractivity contribution in [1.82, 2.24) is 4.90 Å². The molecule has 1 N–H and O–H groups in total. The zero-order chi connectivity index (χ0) is 21.0. The van der Waals surface area contributed by atoms with E-state index in [0.717, 1.165) is 16.8 Å². The number of hydrogen-bond donors (Lipinski definition) is 1. The number of thiocarbonyl (C=S) groups is 1. The number of benzene rings is 2. The Labute approximate surface area is 180 Å². The summed E-state index contributed by atoms with van der Waals surface area (Å²) < 4.78 is 6.12. The summed E-state index contributed by atoms with van der Waals surface area (Å²) in [6.45, 7) is 5.79. The summed E-state index contributed by atoms with van der Waals surface area (Å²) in [5.41, 5.74) is 2.73. The van der Waals surface area contributed by atoms with E-state index in [4.69, 9.17) is 17.0 Å². The van der Waals surface area contributed by atoms with Crippen molar-refractivity contribution in [2.24, 2.45) is 0 Å². The smallest absolute Gasteiger partial charge is 0.266 e. The van der Waals surface area contributed by atoms with Gasteiger partial charge in [0.05, 0.1) is 4.91 Å². The van der Waals surface area contributed by atoms with Crippen LogP contribution in [0.3, 0.4) is 0 Å². The predicted molar refractivity (Wildman–Crippen MR) is 122 cm³/mol. The molecule has 29 heavy (non-hydrogen) atoms. The molecule has 1 aliphatic rings. The van der Waals surface area contributed by atoms with Crippen molar-refractivity contribution in [1.29, 1.82) is 0 Å². The predicted octanol–water partition coefficient (Wildman–Crippen LogP) is 4.62. The number of amides is 2. The summed E-state index contributed by atoms with van der Waals surface area (Å²) in [5.74, 6) is 0.286. The molecule has 7 heteroatoms. The highest BCUT2D eigenvalue weighted by molar-refractivity contribution is 8.26. The molecule has 1 saturated heterocycles. The van der Waals surface area contributed by atoms with Crippen LogP contribution in [0, 0.1) is 6.92 Å². The third-order valence-electron chi connectivity index (χ3n) is 4.22. The number of anilines is 1. The lowest BCUT2D eigenvalue weighted by Crippen LogP contribution is -2.34. The molecular weight excluding hydrogens is 404 g/mol. The van der Waals surface area contributed by atoms with Crippen molar-refractivity contribution in [2.45, 2.75) is 26.8 Å². The molecule has 2 amide bonds. The first-order chi connectivity index (χ1) is 13.8. The molecule has 0 aromatic heterocycles. The Morgan fingerprint density at radius 1 is 1.17 bits per heavy atom. The second-order valence-electron chi connectivity index (χ2n) is 6.92. The van der Waals surface area contributed by atoms with Crippen LogP contribution < -0.4 is 10.1 Å². The number of carbonyl (C=O) groups excluding carboxylic acids is 2. The van der Waals surface area contributed by atoms with Crippen LogP contribution in [-0.4, -0.2) is 33.7 Å². The van der Waals surface area contributed by atoms with Crippen LogP contribution in [0.25, 0.3) is 6.08 Å². The topological polar surface area (TPSA) is 58.6 Å². The van der Waals surface area contributed by atoms with Crippen molar-refractivity contribution in [3.63, 3.8) is 0 Å². The highest BCUT2D eigenvalue weighted by atomic mass is 32.2. The molecule has 0 saturated carbocycles. The van der Waals surface area contributed by atoms with Gasteiger partial charge in [-0.2, -0.15) is 0 Å². The van der Waals surface area contributed by atoms with E-state index < -0.39 is 0 Å². The summed E-state index contributed by atoms with van der Waals surface area (Å²) >= 11 is 6.60. The van der Waals surface area contributed by atoms with Gasteiger partial charge in [-0.3, -0.25) is 14.5 Å². The van der Waals surface area contributed by atoms with Gasteiger partial charge in [0.1, 0.15) is 10.1 Å². The molecule has 0 radical (unpaired) electrons. The number of thioether (sulfide) groups is 1. The van der Waals surface area contributed by atoms with Crippen LogP contribution in [0.15, 0.2) is 53.4 Å². The van der Waals surface area contributed by atoms with Crippen LogP contribution >= 0.6 is 24.0 Å². The van der Waals surface area contributed by atoms with E-state index in [0.29, 0.717) is 15.0 Å². The van der Waals surface area contributed by atoms with E-state index in [1.165, 1.54) is 11.8 Å². The lowest BCUT2D eigenvalue weighted by atomic mass is 10.2. The average Bonchev–Trinajstić information content (AvgIpc) is 2.96. The fourth-order valence-electron chi connectivity index (χ4n) is 2.72. The quantitative estimate of drug-likeness (QED) is 0.539. The molecule has 150 valence electrons. The van der Waals surface area contributed by atoms with Gasteiger partial charge < -0.3 is 10.1 Å². The molecule has 1 fully saturated rings. The van der Waals surface area contributed by atoms with Gasteiger partial charge >= 0.3 is 0 Å². The van der Waals surface area contributed by atoms with E-state index in [9.17, 15) is 9.59 Å². The molecule has 0 atom stereocenters. The Balaban J connectivity index is 1.56. The van der Waals surface area contributed by atoms with E-state index >= 15 is 0 Å². The van der Waals surface area contributed by atoms with Crippen LogP contribution in [0.4, 0.5) is 5.69 Å². The fraction of sp³-hybridized carbons (Fsp3) is 0.227. The Hall–Kier alpha value is -2.64. The molecule has 0 spiro atoms. The fourth-order valence-corrected chi connectivity index (χ4v) is 4.24. The Kier molecular flexibility index (Phi) is 6.71. The molecule has 1 aliphatic heterocycles. The highest BCUT2D eigenvalue weighted by Gasteiger charge is 2.33. The van der Waals surface area contributed by atoms with Crippen LogP contribution in [0.2, 0.25) is 0 Å². The molecule has 5 nitrogen and oxygen atoms in total. The number of nitrogens with zero attached hydrogens (tertiary/aromatic N) is 1. The molecule has 2 aromatic rings. The molecule has 3 rings (SSSR count). The normalized spacial score (nSPS) is 15.3. The summed E-state index contributed by atoms with van der Waals surface area (Å²) in [6, 6.07) is 14.8. The van der Waals surface area contributed by atoms with Gasteiger partial charge in [0, 0.05) is 11.7 Å². The monoisotopic (exact) mass is 426 g/mol. The van der Waals surface area contributed by atoms with E-state index in [1.54, 1.807) is 17.0 Å². The zero-order valence-electron chi connectivity index (χ0n) is 16.5. The standard InChI is InChI=1S/C22H22N2O3S2/c1-14(2)24-21(26)19(29-22(24)28)12-16-6-10-18(11-7-16)27-13-20(25)23-17-8-4-15(3)5-9-17/h4-12,14H,13H2,1-3H3,(H,23,25)/b19-12-. The number of hydrogen-bond acceptors (Lipinski definition) is 5. The molecule has 2 aromatic carbocycles. The third kappa shape index (κ3) is 5.46. The zero-order valence-corrected chi connectivity index (χ0v) is 18.1. The van der Waals surface area contributed by atoms with E-state index in [1.807, 2.05) is 63.2 Å². The van der Waals surface area contributed by atoms with Crippen molar-refractivity contribution >= 4 is 51.9 Å². The average molecular weight is 427 g/mol. The minimum atomic E-state index is -0.227. The number of carbonyl (C=O) groups is 2. The number of nitrogens with one attached hydrogen (secondary N) is 1. The van der Waals surface area contributed by atoms with E-state index in [-0.39, 0.29) is 24.5 Å². The Morgan fingerprint density at radius 3 is 2.41 bits per heavy atom. The first kappa shape index (κ1) is 21.1.